The molecule has 0 atom stereocenters. The van der Waals surface area contributed by atoms with E-state index in [1.807, 2.05) is 0 Å². The zero-order valence-electron chi connectivity index (χ0n) is 15.9. The molecular formula is C21H33N3O. The van der Waals surface area contributed by atoms with Gasteiger partial charge in [0.15, 0.2) is 0 Å². The first-order chi connectivity index (χ1) is 12.1. The third-order valence-electron chi connectivity index (χ3n) is 5.97. The zero-order chi connectivity index (χ0) is 17.7. The largest absolute Gasteiger partial charge is 0.378 e. The van der Waals surface area contributed by atoms with Crippen LogP contribution in [0.25, 0.3) is 0 Å². The Morgan fingerprint density at radius 2 is 1.68 bits per heavy atom. The van der Waals surface area contributed by atoms with Crippen LogP contribution in [0.5, 0.6) is 0 Å². The summed E-state index contributed by atoms with van der Waals surface area (Å²) >= 11 is 0. The van der Waals surface area contributed by atoms with Crippen molar-refractivity contribution in [3.05, 3.63) is 29.8 Å². The van der Waals surface area contributed by atoms with E-state index in [2.05, 4.69) is 53.5 Å². The second kappa shape index (κ2) is 8.22. The highest BCUT2D eigenvalue weighted by atomic mass is 16.2. The van der Waals surface area contributed by atoms with Crippen molar-refractivity contribution in [2.75, 3.05) is 38.6 Å². The fourth-order valence-electron chi connectivity index (χ4n) is 4.41. The Morgan fingerprint density at radius 3 is 2.28 bits per heavy atom. The molecule has 138 valence electrons. The number of rotatable bonds is 6. The number of hydrogen-bond donors (Lipinski definition) is 1. The van der Waals surface area contributed by atoms with Crippen LogP contribution in [0.15, 0.2) is 24.3 Å². The Hall–Kier alpha value is -1.55. The molecule has 1 heterocycles. The molecule has 3 rings (SSSR count). The van der Waals surface area contributed by atoms with E-state index in [9.17, 15) is 4.79 Å². The van der Waals surface area contributed by atoms with E-state index < -0.39 is 0 Å². The van der Waals surface area contributed by atoms with Gasteiger partial charge in [0.2, 0.25) is 5.91 Å². The molecule has 0 unspecified atom stereocenters. The highest BCUT2D eigenvalue weighted by Gasteiger charge is 2.45. The molecule has 1 aromatic rings. The molecule has 0 radical (unpaired) electrons. The van der Waals surface area contributed by atoms with Gasteiger partial charge in [0.25, 0.3) is 0 Å². The molecule has 0 aromatic heterocycles. The van der Waals surface area contributed by atoms with Gasteiger partial charge in [-0.05, 0) is 62.9 Å². The van der Waals surface area contributed by atoms with E-state index in [0.717, 1.165) is 38.9 Å². The van der Waals surface area contributed by atoms with Crippen molar-refractivity contribution in [1.82, 2.24) is 10.2 Å². The molecule has 4 heteroatoms. The van der Waals surface area contributed by atoms with Crippen LogP contribution in [-0.4, -0.2) is 50.1 Å². The SMILES string of the molecule is CN(C)c1ccc(CCNC(=O)C2(N3CCCC3)CCCCC2)cc1. The van der Waals surface area contributed by atoms with Crippen molar-refractivity contribution in [2.24, 2.45) is 0 Å². The fourth-order valence-corrected chi connectivity index (χ4v) is 4.41. The fraction of sp³-hybridized carbons (Fsp3) is 0.667. The highest BCUT2D eigenvalue weighted by molar-refractivity contribution is 5.86. The summed E-state index contributed by atoms with van der Waals surface area (Å²) in [6, 6.07) is 8.62. The molecule has 1 aliphatic carbocycles. The summed E-state index contributed by atoms with van der Waals surface area (Å²) in [5, 5.41) is 3.26. The summed E-state index contributed by atoms with van der Waals surface area (Å²) in [5.41, 5.74) is 2.27. The minimum Gasteiger partial charge on any atom is -0.378 e. The molecule has 0 bridgehead atoms. The summed E-state index contributed by atoms with van der Waals surface area (Å²) in [6.45, 7) is 2.93. The van der Waals surface area contributed by atoms with Crippen LogP contribution >= 0.6 is 0 Å². The normalized spacial score (nSPS) is 20.4. The van der Waals surface area contributed by atoms with E-state index in [1.165, 1.54) is 43.4 Å². The highest BCUT2D eigenvalue weighted by Crippen LogP contribution is 2.36. The Kier molecular flexibility index (Phi) is 6.00. The van der Waals surface area contributed by atoms with Gasteiger partial charge in [-0.2, -0.15) is 0 Å². The minimum absolute atomic E-state index is 0.219. The van der Waals surface area contributed by atoms with Gasteiger partial charge >= 0.3 is 0 Å². The second-order valence-electron chi connectivity index (χ2n) is 7.85. The van der Waals surface area contributed by atoms with Gasteiger partial charge in [0.05, 0.1) is 0 Å². The maximum Gasteiger partial charge on any atom is 0.240 e. The van der Waals surface area contributed by atoms with Crippen molar-refractivity contribution in [3.63, 3.8) is 0 Å². The summed E-state index contributed by atoms with van der Waals surface area (Å²) in [7, 11) is 4.11. The van der Waals surface area contributed by atoms with Crippen LogP contribution in [0, 0.1) is 0 Å². The molecule has 1 N–H and O–H groups in total. The van der Waals surface area contributed by atoms with Crippen molar-refractivity contribution in [2.45, 2.75) is 56.9 Å². The van der Waals surface area contributed by atoms with Gasteiger partial charge in [-0.15, -0.1) is 0 Å². The maximum atomic E-state index is 13.1. The first-order valence-electron chi connectivity index (χ1n) is 9.91. The Balaban J connectivity index is 1.56. The van der Waals surface area contributed by atoms with Crippen LogP contribution in [0.1, 0.15) is 50.5 Å². The number of hydrogen-bond acceptors (Lipinski definition) is 3. The Morgan fingerprint density at radius 1 is 1.04 bits per heavy atom. The van der Waals surface area contributed by atoms with Gasteiger partial charge in [-0.1, -0.05) is 31.4 Å². The standard InChI is InChI=1S/C21H33N3O/c1-23(2)19-10-8-18(9-11-19)12-15-22-20(25)21(13-4-3-5-14-21)24-16-6-7-17-24/h8-11H,3-7,12-17H2,1-2H3,(H,22,25). The molecule has 25 heavy (non-hydrogen) atoms. The lowest BCUT2D eigenvalue weighted by atomic mass is 9.79. The third-order valence-corrected chi connectivity index (χ3v) is 5.97. The van der Waals surface area contributed by atoms with E-state index in [1.54, 1.807) is 0 Å². The minimum atomic E-state index is -0.219. The zero-order valence-corrected chi connectivity index (χ0v) is 15.9. The lowest BCUT2D eigenvalue weighted by Gasteiger charge is -2.43. The van der Waals surface area contributed by atoms with E-state index in [-0.39, 0.29) is 11.4 Å². The molecule has 1 aromatic carbocycles. The number of anilines is 1. The summed E-state index contributed by atoms with van der Waals surface area (Å²) < 4.78 is 0. The summed E-state index contributed by atoms with van der Waals surface area (Å²) in [4.78, 5) is 17.7. The van der Waals surface area contributed by atoms with E-state index in [4.69, 9.17) is 0 Å². The van der Waals surface area contributed by atoms with E-state index in [0.29, 0.717) is 0 Å². The second-order valence-corrected chi connectivity index (χ2v) is 7.85. The van der Waals surface area contributed by atoms with Gasteiger partial charge in [-0.3, -0.25) is 9.69 Å². The number of nitrogens with zero attached hydrogens (tertiary/aromatic N) is 2. The first-order valence-corrected chi connectivity index (χ1v) is 9.91. The summed E-state index contributed by atoms with van der Waals surface area (Å²) in [5.74, 6) is 0.277. The van der Waals surface area contributed by atoms with Gasteiger partial charge < -0.3 is 10.2 Å². The van der Waals surface area contributed by atoms with Crippen molar-refractivity contribution < 1.29 is 4.79 Å². The molecule has 2 fully saturated rings. The quantitative estimate of drug-likeness (QED) is 0.861. The lowest BCUT2D eigenvalue weighted by Crippen LogP contribution is -2.59. The predicted molar refractivity (Wildman–Crippen MR) is 104 cm³/mol. The molecule has 1 saturated carbocycles. The number of carbonyl (C=O) groups is 1. The number of amides is 1. The van der Waals surface area contributed by atoms with Gasteiger partial charge in [0, 0.05) is 26.3 Å². The summed E-state index contributed by atoms with van der Waals surface area (Å²) in [6.07, 6.45) is 9.12. The van der Waals surface area contributed by atoms with Crippen LogP contribution in [-0.2, 0) is 11.2 Å². The topological polar surface area (TPSA) is 35.6 Å². The van der Waals surface area contributed by atoms with Crippen LogP contribution in [0.3, 0.4) is 0 Å². The molecule has 4 nitrogen and oxygen atoms in total. The molecule has 0 spiro atoms. The van der Waals surface area contributed by atoms with Crippen molar-refractivity contribution in [1.29, 1.82) is 0 Å². The smallest absolute Gasteiger partial charge is 0.240 e. The van der Waals surface area contributed by atoms with Crippen molar-refractivity contribution in [3.8, 4) is 0 Å². The third kappa shape index (κ3) is 4.17. The molecule has 2 aliphatic rings. The predicted octanol–water partition coefficient (Wildman–Crippen LogP) is 3.21. The average Bonchev–Trinajstić information content (AvgIpc) is 3.18. The number of likely N-dealkylation sites (tertiary alicyclic amines) is 1. The van der Waals surface area contributed by atoms with Crippen LogP contribution < -0.4 is 10.2 Å². The van der Waals surface area contributed by atoms with Gasteiger partial charge in [-0.25, -0.2) is 0 Å². The Labute approximate surface area is 152 Å². The average molecular weight is 344 g/mol. The Bertz CT molecular complexity index is 555. The molecular weight excluding hydrogens is 310 g/mol. The first kappa shape index (κ1) is 18.2. The molecule has 1 saturated heterocycles. The van der Waals surface area contributed by atoms with Gasteiger partial charge in [0.1, 0.15) is 5.54 Å². The maximum absolute atomic E-state index is 13.1. The number of carbonyl (C=O) groups excluding carboxylic acids is 1. The van der Waals surface area contributed by atoms with Crippen LogP contribution in [0.4, 0.5) is 5.69 Å². The molecule has 1 amide bonds. The van der Waals surface area contributed by atoms with E-state index >= 15 is 0 Å². The molecule has 1 aliphatic heterocycles. The van der Waals surface area contributed by atoms with Crippen LogP contribution in [0.2, 0.25) is 0 Å². The number of benzene rings is 1. The lowest BCUT2D eigenvalue weighted by molar-refractivity contribution is -0.135. The van der Waals surface area contributed by atoms with Crippen molar-refractivity contribution >= 4 is 11.6 Å². The number of nitrogens with one attached hydrogen (secondary N) is 1. The monoisotopic (exact) mass is 343 g/mol.